The average Bonchev–Trinajstić information content (AvgIpc) is 3.40. The Morgan fingerprint density at radius 2 is 1.86 bits per heavy atom. The minimum atomic E-state index is -0.282. The van der Waals surface area contributed by atoms with E-state index in [-0.39, 0.29) is 30.7 Å². The van der Waals surface area contributed by atoms with E-state index in [1.165, 1.54) is 12.1 Å². The van der Waals surface area contributed by atoms with Crippen molar-refractivity contribution in [1.82, 2.24) is 30.0 Å². The summed E-state index contributed by atoms with van der Waals surface area (Å²) in [4.78, 5) is 28.0. The second-order valence-corrected chi connectivity index (χ2v) is 9.57. The Balaban J connectivity index is 1.41. The predicted octanol–water partition coefficient (Wildman–Crippen LogP) is 2.57. The third-order valence-electron chi connectivity index (χ3n) is 6.96. The molecule has 1 aliphatic rings. The van der Waals surface area contributed by atoms with Crippen LogP contribution in [0.2, 0.25) is 0 Å². The van der Waals surface area contributed by atoms with E-state index in [0.29, 0.717) is 26.2 Å². The summed E-state index contributed by atoms with van der Waals surface area (Å²) in [5.41, 5.74) is 5.72. The number of carbonyl (C=O) groups is 2. The Labute approximate surface area is 217 Å². The number of benzene rings is 2. The van der Waals surface area contributed by atoms with Crippen LogP contribution in [0.4, 0.5) is 10.1 Å². The van der Waals surface area contributed by atoms with Gasteiger partial charge in [-0.25, -0.2) is 9.40 Å². The van der Waals surface area contributed by atoms with Crippen LogP contribution in [0.15, 0.2) is 30.3 Å². The van der Waals surface area contributed by atoms with Gasteiger partial charge >= 0.3 is 0 Å². The third-order valence-corrected chi connectivity index (χ3v) is 6.96. The molecule has 2 aromatic carbocycles. The van der Waals surface area contributed by atoms with E-state index in [2.05, 4.69) is 21.8 Å². The quantitative estimate of drug-likeness (QED) is 0.409. The number of aryl methyl sites for hydroxylation is 3. The van der Waals surface area contributed by atoms with Gasteiger partial charge in [-0.3, -0.25) is 19.3 Å². The monoisotopic (exact) mass is 509 g/mol. The number of carbonyl (C=O) groups excluding carboxylic acids is 2. The van der Waals surface area contributed by atoms with Crippen molar-refractivity contribution in [3.05, 3.63) is 58.5 Å². The molecule has 3 aromatic rings. The van der Waals surface area contributed by atoms with Gasteiger partial charge in [0.25, 0.3) is 5.91 Å². The van der Waals surface area contributed by atoms with Crippen LogP contribution in [0.5, 0.6) is 0 Å². The molecule has 37 heavy (non-hydrogen) atoms. The summed E-state index contributed by atoms with van der Waals surface area (Å²) in [6.07, 6.45) is 0. The van der Waals surface area contributed by atoms with Crippen molar-refractivity contribution < 1.29 is 14.0 Å². The molecule has 0 radical (unpaired) electrons. The summed E-state index contributed by atoms with van der Waals surface area (Å²) in [5, 5.41) is 15.5. The van der Waals surface area contributed by atoms with E-state index in [1.54, 1.807) is 23.0 Å². The van der Waals surface area contributed by atoms with E-state index in [1.807, 2.05) is 43.6 Å². The van der Waals surface area contributed by atoms with Crippen LogP contribution in [-0.2, 0) is 29.7 Å². The zero-order chi connectivity index (χ0) is 26.7. The van der Waals surface area contributed by atoms with Gasteiger partial charge in [-0.05, 0) is 61.3 Å². The summed E-state index contributed by atoms with van der Waals surface area (Å²) in [5.74, 6) is -0.636. The van der Waals surface area contributed by atoms with Gasteiger partial charge in [0.15, 0.2) is 0 Å². The summed E-state index contributed by atoms with van der Waals surface area (Å²) in [6, 6.07) is 8.79. The zero-order valence-corrected chi connectivity index (χ0v) is 22.3. The molecule has 0 fully saturated rings. The fourth-order valence-electron chi connectivity index (χ4n) is 4.72. The highest BCUT2D eigenvalue weighted by Crippen LogP contribution is 2.26. The normalized spacial score (nSPS) is 13.1. The zero-order valence-electron chi connectivity index (χ0n) is 22.3. The molecule has 10 heteroatoms. The van der Waals surface area contributed by atoms with Crippen LogP contribution in [-0.4, -0.2) is 76.3 Å². The first-order valence-electron chi connectivity index (χ1n) is 12.6. The van der Waals surface area contributed by atoms with E-state index < -0.39 is 0 Å². The SMILES string of the molecule is CCNCCN(CC(=O)N(C)N1Cc2ccc(F)cc2C1)C(=O)CNc1cc2c(cc1C)c(C)nn2C. The lowest BCUT2D eigenvalue weighted by Gasteiger charge is -2.31. The first-order valence-corrected chi connectivity index (χ1v) is 12.6. The number of hydrogen-bond donors (Lipinski definition) is 2. The van der Waals surface area contributed by atoms with Crippen molar-refractivity contribution in [2.75, 3.05) is 45.1 Å². The van der Waals surface area contributed by atoms with Gasteiger partial charge in [0, 0.05) is 51.3 Å². The lowest BCUT2D eigenvalue weighted by atomic mass is 10.1. The Bertz CT molecular complexity index is 1310. The van der Waals surface area contributed by atoms with Crippen molar-refractivity contribution >= 4 is 28.4 Å². The number of hydrazine groups is 1. The maximum atomic E-state index is 13.6. The van der Waals surface area contributed by atoms with Crippen LogP contribution in [0, 0.1) is 19.7 Å². The van der Waals surface area contributed by atoms with Gasteiger partial charge in [-0.2, -0.15) is 5.10 Å². The molecule has 2 heterocycles. The van der Waals surface area contributed by atoms with Crippen LogP contribution in [0.1, 0.15) is 29.3 Å². The number of fused-ring (bicyclic) bond motifs is 2. The van der Waals surface area contributed by atoms with Gasteiger partial charge < -0.3 is 15.5 Å². The van der Waals surface area contributed by atoms with Gasteiger partial charge in [0.05, 0.1) is 17.8 Å². The van der Waals surface area contributed by atoms with Gasteiger partial charge in [0.2, 0.25) is 5.91 Å². The Morgan fingerprint density at radius 1 is 1.11 bits per heavy atom. The van der Waals surface area contributed by atoms with Crippen LogP contribution < -0.4 is 10.6 Å². The van der Waals surface area contributed by atoms with Crippen molar-refractivity contribution in [3.63, 3.8) is 0 Å². The minimum Gasteiger partial charge on any atom is -0.376 e. The molecule has 0 saturated heterocycles. The van der Waals surface area contributed by atoms with Gasteiger partial charge in [0.1, 0.15) is 12.4 Å². The molecule has 0 unspecified atom stereocenters. The summed E-state index contributed by atoms with van der Waals surface area (Å²) >= 11 is 0. The number of aromatic nitrogens is 2. The predicted molar refractivity (Wildman–Crippen MR) is 142 cm³/mol. The van der Waals surface area contributed by atoms with Crippen molar-refractivity contribution in [1.29, 1.82) is 0 Å². The molecule has 4 rings (SSSR count). The standard InChI is InChI=1S/C27H36FN7O2/c1-6-29-9-10-34(17-27(37)33(5)35-15-20-7-8-22(28)12-21(20)16-35)26(36)14-30-24-13-25-23(11-18(24)2)19(3)31-32(25)4/h7-8,11-13,29-30H,6,9-10,14-17H2,1-5H3. The number of halogens is 1. The van der Waals surface area contributed by atoms with Crippen molar-refractivity contribution in [3.8, 4) is 0 Å². The molecule has 2 N–H and O–H groups in total. The number of likely N-dealkylation sites (N-methyl/N-ethyl adjacent to an activating group) is 2. The summed E-state index contributed by atoms with van der Waals surface area (Å²) < 4.78 is 15.4. The maximum absolute atomic E-state index is 13.6. The third kappa shape index (κ3) is 5.91. The molecule has 9 nitrogen and oxygen atoms in total. The number of nitrogens with one attached hydrogen (secondary N) is 2. The number of rotatable bonds is 10. The molecule has 1 aromatic heterocycles. The number of nitrogens with zero attached hydrogens (tertiary/aromatic N) is 5. The largest absolute Gasteiger partial charge is 0.376 e. The number of hydrogen-bond acceptors (Lipinski definition) is 6. The van der Waals surface area contributed by atoms with Crippen LogP contribution in [0.3, 0.4) is 0 Å². The second-order valence-electron chi connectivity index (χ2n) is 9.57. The number of anilines is 1. The Morgan fingerprint density at radius 3 is 2.62 bits per heavy atom. The fraction of sp³-hybridized carbons (Fsp3) is 0.444. The lowest BCUT2D eigenvalue weighted by molar-refractivity contribution is -0.151. The van der Waals surface area contributed by atoms with Crippen molar-refractivity contribution in [2.24, 2.45) is 7.05 Å². The van der Waals surface area contributed by atoms with Crippen LogP contribution in [0.25, 0.3) is 10.9 Å². The van der Waals surface area contributed by atoms with E-state index in [4.69, 9.17) is 0 Å². The lowest BCUT2D eigenvalue weighted by Crippen LogP contribution is -2.49. The molecule has 1 aliphatic heterocycles. The smallest absolute Gasteiger partial charge is 0.256 e. The molecule has 2 amide bonds. The van der Waals surface area contributed by atoms with E-state index in [9.17, 15) is 14.0 Å². The molecular formula is C27H36FN7O2. The Hall–Kier alpha value is -3.50. The summed E-state index contributed by atoms with van der Waals surface area (Å²) in [7, 11) is 3.60. The van der Waals surface area contributed by atoms with Crippen molar-refractivity contribution in [2.45, 2.75) is 33.9 Å². The van der Waals surface area contributed by atoms with E-state index >= 15 is 0 Å². The maximum Gasteiger partial charge on any atom is 0.256 e. The highest BCUT2D eigenvalue weighted by Gasteiger charge is 2.27. The van der Waals surface area contributed by atoms with Gasteiger partial charge in [-0.15, -0.1) is 0 Å². The second kappa shape index (κ2) is 11.3. The first kappa shape index (κ1) is 26.6. The topological polar surface area (TPSA) is 85.7 Å². The first-order chi connectivity index (χ1) is 17.7. The molecule has 0 spiro atoms. The highest BCUT2D eigenvalue weighted by molar-refractivity contribution is 5.89. The minimum absolute atomic E-state index is 0.0391. The molecule has 0 saturated carbocycles. The fourth-order valence-corrected chi connectivity index (χ4v) is 4.72. The highest BCUT2D eigenvalue weighted by atomic mass is 19.1. The van der Waals surface area contributed by atoms with Crippen LogP contribution >= 0.6 is 0 Å². The summed E-state index contributed by atoms with van der Waals surface area (Å²) in [6.45, 7) is 8.78. The molecule has 0 bridgehead atoms. The Kier molecular flexibility index (Phi) is 8.09. The molecule has 0 aliphatic carbocycles. The molecule has 198 valence electrons. The number of amides is 2. The average molecular weight is 510 g/mol. The molecule has 0 atom stereocenters. The van der Waals surface area contributed by atoms with E-state index in [0.717, 1.165) is 45.5 Å². The van der Waals surface area contributed by atoms with Gasteiger partial charge in [-0.1, -0.05) is 13.0 Å². The molecular weight excluding hydrogens is 473 g/mol.